The number of aryl methyl sites for hydroxylation is 1. The van der Waals surface area contributed by atoms with Gasteiger partial charge in [0.25, 0.3) is 5.91 Å². The predicted octanol–water partition coefficient (Wildman–Crippen LogP) is 5.47. The van der Waals surface area contributed by atoms with Crippen LogP contribution >= 0.6 is 0 Å². The summed E-state index contributed by atoms with van der Waals surface area (Å²) in [5, 5.41) is 11.2. The minimum atomic E-state index is -0.403. The molecule has 0 saturated carbocycles. The highest BCUT2D eigenvalue weighted by Crippen LogP contribution is 2.38. The molecule has 220 valence electrons. The molecule has 2 heterocycles. The lowest BCUT2D eigenvalue weighted by molar-refractivity contribution is -0.134. The largest absolute Gasteiger partial charge is 0.394 e. The molecule has 5 rings (SSSR count). The Hall–Kier alpha value is -3.94. The van der Waals surface area contributed by atoms with Gasteiger partial charge in [-0.2, -0.15) is 0 Å². The number of benzene rings is 3. The first-order valence-corrected chi connectivity index (χ1v) is 14.7. The summed E-state index contributed by atoms with van der Waals surface area (Å²) in [4.78, 5) is 31.5. The summed E-state index contributed by atoms with van der Waals surface area (Å²) in [5.74, 6) is -0.518. The second-order valence-corrected chi connectivity index (χ2v) is 11.6. The smallest absolute Gasteiger partial charge is 0.271 e. The molecule has 0 fully saturated rings. The van der Waals surface area contributed by atoms with Gasteiger partial charge >= 0.3 is 0 Å². The number of ether oxygens (including phenoxy) is 1. The van der Waals surface area contributed by atoms with Crippen molar-refractivity contribution in [2.24, 2.45) is 13.0 Å². The maximum Gasteiger partial charge on any atom is 0.271 e. The van der Waals surface area contributed by atoms with E-state index in [1.54, 1.807) is 9.80 Å². The number of hydrogen-bond acceptors (Lipinski definition) is 4. The maximum absolute atomic E-state index is 14.5. The van der Waals surface area contributed by atoms with Gasteiger partial charge in [-0.25, -0.2) is 0 Å². The fraction of sp³-hybridized carbons (Fsp3) is 0.371. The van der Waals surface area contributed by atoms with Crippen molar-refractivity contribution in [2.45, 2.75) is 45.4 Å². The van der Waals surface area contributed by atoms with Crippen molar-refractivity contribution in [3.05, 3.63) is 95.7 Å². The van der Waals surface area contributed by atoms with E-state index < -0.39 is 6.04 Å². The summed E-state index contributed by atoms with van der Waals surface area (Å²) in [6, 6.07) is 25.5. The van der Waals surface area contributed by atoms with Gasteiger partial charge in [-0.1, -0.05) is 79.7 Å². The Morgan fingerprint density at radius 2 is 1.69 bits per heavy atom. The highest BCUT2D eigenvalue weighted by Gasteiger charge is 2.34. The summed E-state index contributed by atoms with van der Waals surface area (Å²) in [6.07, 6.45) is -0.339. The van der Waals surface area contributed by atoms with Gasteiger partial charge in [0.1, 0.15) is 5.69 Å². The number of rotatable bonds is 6. The van der Waals surface area contributed by atoms with Crippen molar-refractivity contribution in [3.8, 4) is 11.1 Å². The first-order chi connectivity index (χ1) is 20.2. The van der Waals surface area contributed by atoms with Gasteiger partial charge in [0.2, 0.25) is 5.91 Å². The monoisotopic (exact) mass is 567 g/mol. The Bertz CT molecular complexity index is 1560. The summed E-state index contributed by atoms with van der Waals surface area (Å²) >= 11 is 0. The summed E-state index contributed by atoms with van der Waals surface area (Å²) < 4.78 is 8.62. The summed E-state index contributed by atoms with van der Waals surface area (Å²) in [5.41, 5.74) is 5.35. The van der Waals surface area contributed by atoms with Crippen LogP contribution in [0.1, 0.15) is 48.3 Å². The Balaban J connectivity index is 1.55. The van der Waals surface area contributed by atoms with E-state index in [0.29, 0.717) is 25.4 Å². The van der Waals surface area contributed by atoms with Crippen molar-refractivity contribution in [3.63, 3.8) is 0 Å². The molecule has 7 nitrogen and oxygen atoms in total. The molecule has 0 radical (unpaired) electrons. The van der Waals surface area contributed by atoms with Crippen LogP contribution in [0.2, 0.25) is 0 Å². The number of carbonyl (C=O) groups is 2. The van der Waals surface area contributed by atoms with E-state index in [4.69, 9.17) is 4.74 Å². The maximum atomic E-state index is 14.5. The zero-order valence-corrected chi connectivity index (χ0v) is 25.2. The Kier molecular flexibility index (Phi) is 8.80. The first-order valence-electron chi connectivity index (χ1n) is 14.7. The van der Waals surface area contributed by atoms with Crippen LogP contribution in [0.4, 0.5) is 0 Å². The van der Waals surface area contributed by atoms with Crippen molar-refractivity contribution < 1.29 is 19.4 Å². The number of aromatic nitrogens is 1. The molecule has 1 N–H and O–H groups in total. The molecular formula is C35H41N3O4. The molecule has 1 aliphatic heterocycles. The van der Waals surface area contributed by atoms with Crippen LogP contribution in [0.15, 0.2) is 78.9 Å². The Labute approximate surface area is 248 Å². The molecular weight excluding hydrogens is 526 g/mol. The van der Waals surface area contributed by atoms with Gasteiger partial charge in [-0.3, -0.25) is 9.59 Å². The average molecular weight is 568 g/mol. The van der Waals surface area contributed by atoms with Crippen LogP contribution in [-0.4, -0.2) is 70.2 Å². The zero-order chi connectivity index (χ0) is 30.0. The lowest BCUT2D eigenvalue weighted by atomic mass is 9.96. The Morgan fingerprint density at radius 3 is 2.43 bits per heavy atom. The third kappa shape index (κ3) is 5.59. The fourth-order valence-electron chi connectivity index (χ4n) is 6.10. The number of para-hydroxylation sites is 1. The molecule has 0 saturated heterocycles. The van der Waals surface area contributed by atoms with E-state index in [0.717, 1.165) is 33.2 Å². The van der Waals surface area contributed by atoms with Gasteiger partial charge in [-0.05, 0) is 36.6 Å². The first kappa shape index (κ1) is 29.5. The van der Waals surface area contributed by atoms with E-state index in [2.05, 4.69) is 13.0 Å². The summed E-state index contributed by atoms with van der Waals surface area (Å²) in [7, 11) is 3.75. The zero-order valence-electron chi connectivity index (χ0n) is 25.2. The SMILES string of the molecule is C[C@@H](C(=O)N(C)C[C@H]1OCc2ccccc2-c2c(n(C)c3ccccc23)C(=O)N([C@@H](C)CO)C[C@@H]1C)c1ccccc1. The second-order valence-electron chi connectivity index (χ2n) is 11.6. The number of hydrogen-bond donors (Lipinski definition) is 1. The van der Waals surface area contributed by atoms with Gasteiger partial charge in [0.15, 0.2) is 0 Å². The highest BCUT2D eigenvalue weighted by molar-refractivity contribution is 6.10. The molecule has 0 unspecified atom stereocenters. The molecule has 1 aromatic heterocycles. The highest BCUT2D eigenvalue weighted by atomic mass is 16.5. The standard InChI is InChI=1S/C35H41N3O4/c1-23-19-38(24(2)21-39)35(41)33-32(29-17-11-12-18-30(29)37(33)5)28-16-10-9-15-27(28)22-42-31(23)20-36(4)34(40)25(3)26-13-7-6-8-14-26/h6-18,23-25,31,39H,19-22H2,1-5H3/t23-,24-,25+,31+/m0/s1. The number of nitrogens with zero attached hydrogens (tertiary/aromatic N) is 3. The molecule has 0 bridgehead atoms. The molecule has 1 aliphatic rings. The number of aliphatic hydroxyl groups is 1. The molecule has 0 spiro atoms. The van der Waals surface area contributed by atoms with Crippen LogP contribution in [-0.2, 0) is 23.2 Å². The second kappa shape index (κ2) is 12.5. The van der Waals surface area contributed by atoms with Crippen LogP contribution in [0.3, 0.4) is 0 Å². The lowest BCUT2D eigenvalue weighted by Crippen LogP contribution is -2.48. The van der Waals surface area contributed by atoms with Crippen molar-refractivity contribution in [1.82, 2.24) is 14.4 Å². The van der Waals surface area contributed by atoms with E-state index in [9.17, 15) is 14.7 Å². The third-order valence-corrected chi connectivity index (χ3v) is 8.73. The number of amides is 2. The normalized spacial score (nSPS) is 19.0. The van der Waals surface area contributed by atoms with Crippen LogP contribution in [0.5, 0.6) is 0 Å². The van der Waals surface area contributed by atoms with Crippen LogP contribution in [0, 0.1) is 5.92 Å². The Morgan fingerprint density at radius 1 is 1.02 bits per heavy atom. The van der Waals surface area contributed by atoms with Crippen molar-refractivity contribution >= 4 is 22.7 Å². The molecule has 42 heavy (non-hydrogen) atoms. The van der Waals surface area contributed by atoms with Gasteiger partial charge < -0.3 is 24.2 Å². The minimum Gasteiger partial charge on any atom is -0.394 e. The van der Waals surface area contributed by atoms with E-state index in [1.807, 2.05) is 105 Å². The fourth-order valence-corrected chi connectivity index (χ4v) is 6.10. The van der Waals surface area contributed by atoms with E-state index in [1.165, 1.54) is 0 Å². The average Bonchev–Trinajstić information content (AvgIpc) is 3.31. The number of aliphatic hydroxyl groups excluding tert-OH is 1. The van der Waals surface area contributed by atoms with Gasteiger partial charge in [-0.15, -0.1) is 0 Å². The molecule has 0 aliphatic carbocycles. The van der Waals surface area contributed by atoms with Crippen molar-refractivity contribution in [2.75, 3.05) is 26.7 Å². The number of likely N-dealkylation sites (N-methyl/N-ethyl adjacent to an activating group) is 1. The van der Waals surface area contributed by atoms with Gasteiger partial charge in [0, 0.05) is 49.6 Å². The van der Waals surface area contributed by atoms with Crippen LogP contribution < -0.4 is 0 Å². The molecule has 7 heteroatoms. The van der Waals surface area contributed by atoms with Gasteiger partial charge in [0.05, 0.1) is 31.3 Å². The number of fused-ring (bicyclic) bond motifs is 5. The quantitative estimate of drug-likeness (QED) is 0.336. The molecule has 4 aromatic rings. The third-order valence-electron chi connectivity index (χ3n) is 8.73. The lowest BCUT2D eigenvalue weighted by Gasteiger charge is -2.35. The number of carbonyl (C=O) groups excluding carboxylic acids is 2. The van der Waals surface area contributed by atoms with E-state index >= 15 is 0 Å². The molecule has 4 atom stereocenters. The molecule has 2 amide bonds. The predicted molar refractivity (Wildman–Crippen MR) is 166 cm³/mol. The van der Waals surface area contributed by atoms with Crippen molar-refractivity contribution in [1.29, 1.82) is 0 Å². The summed E-state index contributed by atoms with van der Waals surface area (Å²) in [6.45, 7) is 6.79. The molecule has 3 aromatic carbocycles. The topological polar surface area (TPSA) is 75.0 Å². The van der Waals surface area contributed by atoms with Crippen LogP contribution in [0.25, 0.3) is 22.0 Å². The van der Waals surface area contributed by atoms with E-state index in [-0.39, 0.29) is 36.4 Å². The minimum absolute atomic E-state index is 0.0160.